The summed E-state index contributed by atoms with van der Waals surface area (Å²) in [6, 6.07) is 16.3. The van der Waals surface area contributed by atoms with Gasteiger partial charge in [-0.05, 0) is 48.2 Å². The van der Waals surface area contributed by atoms with Crippen molar-refractivity contribution in [2.45, 2.75) is 38.6 Å². The van der Waals surface area contributed by atoms with Gasteiger partial charge in [0.05, 0.1) is 45.8 Å². The molecule has 7 nitrogen and oxygen atoms in total. The monoisotopic (exact) mass is 498 g/mol. The van der Waals surface area contributed by atoms with Gasteiger partial charge in [-0.1, -0.05) is 24.3 Å². The van der Waals surface area contributed by atoms with E-state index in [1.165, 1.54) is 0 Å². The number of anilines is 1. The maximum absolute atomic E-state index is 5.88. The fraction of sp³-hybridized carbons (Fsp3) is 0.444. The second kappa shape index (κ2) is 13.4. The molecular weight excluding hydrogens is 464 g/mol. The third-order valence-electron chi connectivity index (χ3n) is 5.82. The molecule has 1 saturated heterocycles. The van der Waals surface area contributed by atoms with Crippen molar-refractivity contribution in [2.75, 3.05) is 45.5 Å². The molecule has 0 saturated carbocycles. The van der Waals surface area contributed by atoms with E-state index in [0.717, 1.165) is 59.5 Å². The Balaban J connectivity index is 1.37. The molecule has 1 fully saturated rings. The van der Waals surface area contributed by atoms with Crippen LogP contribution in [0.2, 0.25) is 0 Å². The van der Waals surface area contributed by atoms with Gasteiger partial charge in [0.2, 0.25) is 0 Å². The Morgan fingerprint density at radius 3 is 2.23 bits per heavy atom. The summed E-state index contributed by atoms with van der Waals surface area (Å²) in [4.78, 5) is 7.14. The molecule has 8 heteroatoms. The van der Waals surface area contributed by atoms with Crippen molar-refractivity contribution < 1.29 is 23.7 Å². The Hall–Kier alpha value is -2.65. The van der Waals surface area contributed by atoms with Crippen LogP contribution in [-0.2, 0) is 33.9 Å². The molecule has 188 valence electrons. The number of thiazole rings is 1. The predicted molar refractivity (Wildman–Crippen MR) is 137 cm³/mol. The Morgan fingerprint density at radius 1 is 0.943 bits per heavy atom. The minimum atomic E-state index is 0.292. The van der Waals surface area contributed by atoms with Crippen molar-refractivity contribution in [2.24, 2.45) is 0 Å². The molecular formula is C27H34N2O5S. The van der Waals surface area contributed by atoms with Crippen molar-refractivity contribution in [1.82, 2.24) is 4.98 Å². The van der Waals surface area contributed by atoms with Crippen LogP contribution in [0.5, 0.6) is 11.5 Å². The molecule has 1 aliphatic heterocycles. The fourth-order valence-corrected chi connectivity index (χ4v) is 4.78. The summed E-state index contributed by atoms with van der Waals surface area (Å²) >= 11 is 1.63. The molecule has 1 aromatic heterocycles. The highest BCUT2D eigenvalue weighted by Crippen LogP contribution is 2.27. The van der Waals surface area contributed by atoms with Gasteiger partial charge in [-0.2, -0.15) is 0 Å². The molecule has 1 aliphatic rings. The number of hydrogen-bond donors (Lipinski definition) is 0. The maximum atomic E-state index is 5.88. The van der Waals surface area contributed by atoms with Crippen LogP contribution in [0.25, 0.3) is 0 Å². The zero-order chi connectivity index (χ0) is 24.3. The van der Waals surface area contributed by atoms with E-state index in [2.05, 4.69) is 34.5 Å². The van der Waals surface area contributed by atoms with Gasteiger partial charge in [0, 0.05) is 31.7 Å². The van der Waals surface area contributed by atoms with Crippen LogP contribution >= 0.6 is 11.3 Å². The molecule has 0 radical (unpaired) electrons. The van der Waals surface area contributed by atoms with Crippen LogP contribution in [-0.4, -0.2) is 51.7 Å². The van der Waals surface area contributed by atoms with E-state index in [9.17, 15) is 0 Å². The lowest BCUT2D eigenvalue weighted by atomic mass is 10.1. The Bertz CT molecular complexity index is 988. The number of ether oxygens (including phenoxy) is 5. The first-order chi connectivity index (χ1) is 17.2. The number of aromatic nitrogens is 1. The van der Waals surface area contributed by atoms with Crippen molar-refractivity contribution in [3.05, 3.63) is 70.7 Å². The van der Waals surface area contributed by atoms with Gasteiger partial charge < -0.3 is 28.6 Å². The highest BCUT2D eigenvalue weighted by Gasteiger charge is 2.15. The zero-order valence-electron chi connectivity index (χ0n) is 20.5. The van der Waals surface area contributed by atoms with Gasteiger partial charge in [-0.3, -0.25) is 0 Å². The quantitative estimate of drug-likeness (QED) is 0.305. The van der Waals surface area contributed by atoms with Gasteiger partial charge in [-0.25, -0.2) is 4.98 Å². The molecule has 0 atom stereocenters. The summed E-state index contributed by atoms with van der Waals surface area (Å²) in [6.07, 6.45) is 2.22. The molecule has 0 bridgehead atoms. The summed E-state index contributed by atoms with van der Waals surface area (Å²) < 4.78 is 27.9. The largest absolute Gasteiger partial charge is 0.497 e. The smallest absolute Gasteiger partial charge is 0.186 e. The number of rotatable bonds is 13. The van der Waals surface area contributed by atoms with E-state index in [-0.39, 0.29) is 0 Å². The molecule has 2 heterocycles. The van der Waals surface area contributed by atoms with Gasteiger partial charge in [0.1, 0.15) is 11.5 Å². The van der Waals surface area contributed by atoms with Crippen LogP contribution in [0, 0.1) is 0 Å². The highest BCUT2D eigenvalue weighted by atomic mass is 32.1. The van der Waals surface area contributed by atoms with E-state index in [4.69, 9.17) is 28.7 Å². The van der Waals surface area contributed by atoms with E-state index < -0.39 is 0 Å². The van der Waals surface area contributed by atoms with E-state index in [0.29, 0.717) is 39.0 Å². The molecule has 4 rings (SSSR count). The SMILES string of the molecule is COc1cccc(CN(Cc2cccc(OC)c2)c2nc(COCCOC3CCOCC3)cs2)c1. The number of nitrogens with zero attached hydrogens (tertiary/aromatic N) is 2. The van der Waals surface area contributed by atoms with Crippen LogP contribution in [0.3, 0.4) is 0 Å². The average Bonchev–Trinajstić information content (AvgIpc) is 3.38. The summed E-state index contributed by atoms with van der Waals surface area (Å²) in [7, 11) is 3.38. The Morgan fingerprint density at radius 2 is 1.60 bits per heavy atom. The van der Waals surface area contributed by atoms with Gasteiger partial charge >= 0.3 is 0 Å². The lowest BCUT2D eigenvalue weighted by Gasteiger charge is -2.23. The third-order valence-corrected chi connectivity index (χ3v) is 6.78. The Kier molecular flexibility index (Phi) is 9.77. The predicted octanol–water partition coefficient (Wildman–Crippen LogP) is 5.08. The first-order valence-corrected chi connectivity index (χ1v) is 12.8. The van der Waals surface area contributed by atoms with Gasteiger partial charge in [-0.15, -0.1) is 11.3 Å². The first kappa shape index (κ1) is 25.4. The molecule has 0 amide bonds. The second-order valence-electron chi connectivity index (χ2n) is 8.42. The first-order valence-electron chi connectivity index (χ1n) is 12.0. The summed E-state index contributed by atoms with van der Waals surface area (Å²) in [5.41, 5.74) is 3.24. The van der Waals surface area contributed by atoms with Crippen molar-refractivity contribution in [1.29, 1.82) is 0 Å². The summed E-state index contributed by atoms with van der Waals surface area (Å²) in [6.45, 7) is 4.62. The number of hydrogen-bond acceptors (Lipinski definition) is 8. The van der Waals surface area contributed by atoms with Gasteiger partial charge in [0.25, 0.3) is 0 Å². The van der Waals surface area contributed by atoms with E-state index in [1.54, 1.807) is 25.6 Å². The molecule has 0 spiro atoms. The second-order valence-corrected chi connectivity index (χ2v) is 9.25. The molecule has 35 heavy (non-hydrogen) atoms. The minimum Gasteiger partial charge on any atom is -0.497 e. The van der Waals surface area contributed by atoms with E-state index in [1.807, 2.05) is 24.3 Å². The summed E-state index contributed by atoms with van der Waals surface area (Å²) in [5, 5.41) is 3.02. The normalized spacial score (nSPS) is 14.1. The molecule has 0 aliphatic carbocycles. The average molecular weight is 499 g/mol. The Labute approximate surface area is 211 Å². The van der Waals surface area contributed by atoms with E-state index >= 15 is 0 Å². The topological polar surface area (TPSA) is 62.3 Å². The standard InChI is InChI=1S/C27H34N2O5S/c1-30-25-7-3-5-21(15-25)17-29(18-22-6-4-8-26(16-22)31-2)27-28-23(20-35-27)19-33-13-14-34-24-9-11-32-12-10-24/h3-8,15-16,20,24H,9-14,17-19H2,1-2H3. The summed E-state index contributed by atoms with van der Waals surface area (Å²) in [5.74, 6) is 1.69. The van der Waals surface area contributed by atoms with Crippen LogP contribution < -0.4 is 14.4 Å². The molecule has 0 unspecified atom stereocenters. The van der Waals surface area contributed by atoms with Crippen molar-refractivity contribution in [3.63, 3.8) is 0 Å². The van der Waals surface area contributed by atoms with Crippen LogP contribution in [0.15, 0.2) is 53.9 Å². The molecule has 3 aromatic rings. The number of methoxy groups -OCH3 is 2. The third kappa shape index (κ3) is 7.93. The maximum Gasteiger partial charge on any atom is 0.186 e. The van der Waals surface area contributed by atoms with Crippen LogP contribution in [0.1, 0.15) is 29.7 Å². The van der Waals surface area contributed by atoms with Crippen LogP contribution in [0.4, 0.5) is 5.13 Å². The van der Waals surface area contributed by atoms with Crippen molar-refractivity contribution >= 4 is 16.5 Å². The lowest BCUT2D eigenvalue weighted by molar-refractivity contribution is -0.0513. The van der Waals surface area contributed by atoms with Gasteiger partial charge in [0.15, 0.2) is 5.13 Å². The fourth-order valence-electron chi connectivity index (χ4n) is 3.97. The molecule has 0 N–H and O–H groups in total. The van der Waals surface area contributed by atoms with Crippen molar-refractivity contribution in [3.8, 4) is 11.5 Å². The zero-order valence-corrected chi connectivity index (χ0v) is 21.3. The highest BCUT2D eigenvalue weighted by molar-refractivity contribution is 7.13. The lowest BCUT2D eigenvalue weighted by Crippen LogP contribution is -2.24. The molecule has 2 aromatic carbocycles. The number of benzene rings is 2. The minimum absolute atomic E-state index is 0.292.